The molecule has 0 saturated carbocycles. The number of methoxy groups -OCH3 is 2. The number of aromatic nitrogens is 1. The number of ketones is 1. The lowest BCUT2D eigenvalue weighted by Crippen LogP contribution is -2.29. The van der Waals surface area contributed by atoms with Gasteiger partial charge in [-0.1, -0.05) is 38.1 Å². The molecule has 0 spiro atoms. The van der Waals surface area contributed by atoms with Crippen LogP contribution in [0.5, 0.6) is 11.5 Å². The molecule has 0 aliphatic carbocycles. The number of hydrogen-bond donors (Lipinski definition) is 1. The summed E-state index contributed by atoms with van der Waals surface area (Å²) in [5.41, 5.74) is 2.55. The number of benzene rings is 2. The maximum absolute atomic E-state index is 13.4. The van der Waals surface area contributed by atoms with Gasteiger partial charge in [0.2, 0.25) is 0 Å². The zero-order chi connectivity index (χ0) is 25.1. The van der Waals surface area contributed by atoms with Gasteiger partial charge >= 0.3 is 0 Å². The topological polar surface area (TPSA) is 89.0 Å². The van der Waals surface area contributed by atoms with E-state index in [1.165, 1.54) is 12.0 Å². The highest BCUT2D eigenvalue weighted by atomic mass is 16.5. The second-order valence-electron chi connectivity index (χ2n) is 8.60. The maximum Gasteiger partial charge on any atom is 0.296 e. The zero-order valence-electron chi connectivity index (χ0n) is 20.2. The van der Waals surface area contributed by atoms with Crippen molar-refractivity contribution < 1.29 is 24.2 Å². The van der Waals surface area contributed by atoms with Crippen LogP contribution in [0.1, 0.15) is 48.2 Å². The van der Waals surface area contributed by atoms with Crippen molar-refractivity contribution in [2.75, 3.05) is 14.2 Å². The van der Waals surface area contributed by atoms with E-state index in [-0.39, 0.29) is 23.8 Å². The van der Waals surface area contributed by atoms with Crippen LogP contribution in [-0.2, 0) is 16.1 Å². The van der Waals surface area contributed by atoms with Crippen molar-refractivity contribution in [2.45, 2.75) is 32.4 Å². The van der Waals surface area contributed by atoms with E-state index >= 15 is 0 Å². The summed E-state index contributed by atoms with van der Waals surface area (Å²) in [6.45, 7) is 4.13. The quantitative estimate of drug-likeness (QED) is 0.301. The van der Waals surface area contributed by atoms with Gasteiger partial charge in [-0.05, 0) is 47.9 Å². The highest BCUT2D eigenvalue weighted by Crippen LogP contribution is 2.43. The summed E-state index contributed by atoms with van der Waals surface area (Å²) in [6, 6.07) is 17.0. The fourth-order valence-corrected chi connectivity index (χ4v) is 4.41. The van der Waals surface area contributed by atoms with Crippen LogP contribution in [-0.4, -0.2) is 40.9 Å². The molecule has 1 amide bonds. The van der Waals surface area contributed by atoms with Crippen molar-refractivity contribution in [3.63, 3.8) is 0 Å². The number of hydrogen-bond acceptors (Lipinski definition) is 6. The first-order chi connectivity index (χ1) is 16.9. The lowest BCUT2D eigenvalue weighted by molar-refractivity contribution is -0.140. The van der Waals surface area contributed by atoms with Crippen LogP contribution in [0.3, 0.4) is 0 Å². The molecular weight excluding hydrogens is 444 g/mol. The molecule has 4 rings (SSSR count). The van der Waals surface area contributed by atoms with E-state index in [1.807, 2.05) is 32.0 Å². The number of nitrogens with zero attached hydrogens (tertiary/aromatic N) is 2. The molecule has 1 unspecified atom stereocenters. The minimum Gasteiger partial charge on any atom is -0.507 e. The molecular formula is C28H28N2O5. The smallest absolute Gasteiger partial charge is 0.296 e. The first-order valence-electron chi connectivity index (χ1n) is 11.4. The van der Waals surface area contributed by atoms with Gasteiger partial charge in [-0.25, -0.2) is 0 Å². The average Bonchev–Trinajstić information content (AvgIpc) is 3.13. The van der Waals surface area contributed by atoms with Crippen molar-refractivity contribution in [3.8, 4) is 11.5 Å². The first-order valence-corrected chi connectivity index (χ1v) is 11.4. The number of aliphatic hydroxyl groups excluding tert-OH is 1. The summed E-state index contributed by atoms with van der Waals surface area (Å²) >= 11 is 0. The maximum atomic E-state index is 13.4. The normalized spacial score (nSPS) is 17.2. The molecule has 35 heavy (non-hydrogen) atoms. The van der Waals surface area contributed by atoms with E-state index in [9.17, 15) is 14.7 Å². The second-order valence-corrected chi connectivity index (χ2v) is 8.60. The summed E-state index contributed by atoms with van der Waals surface area (Å²) in [7, 11) is 3.12. The first kappa shape index (κ1) is 24.0. The molecule has 2 aromatic carbocycles. The third kappa shape index (κ3) is 4.49. The summed E-state index contributed by atoms with van der Waals surface area (Å²) in [6.07, 6.45) is 1.63. The molecule has 1 aliphatic rings. The number of aliphatic hydroxyl groups is 1. The van der Waals surface area contributed by atoms with Crippen LogP contribution in [0.25, 0.3) is 5.76 Å². The largest absolute Gasteiger partial charge is 0.507 e. The highest BCUT2D eigenvalue weighted by Gasteiger charge is 2.47. The number of para-hydroxylation sites is 1. The van der Waals surface area contributed by atoms with Gasteiger partial charge in [0.15, 0.2) is 0 Å². The second kappa shape index (κ2) is 10.0. The number of Topliss-reactive ketones (excluding diaryl/α,β-unsaturated/α-hetero) is 1. The van der Waals surface area contributed by atoms with Crippen LogP contribution < -0.4 is 9.47 Å². The molecule has 7 heteroatoms. The number of carbonyl (C=O) groups excluding carboxylic acids is 2. The van der Waals surface area contributed by atoms with Crippen molar-refractivity contribution in [3.05, 3.63) is 94.8 Å². The summed E-state index contributed by atoms with van der Waals surface area (Å²) < 4.78 is 11.0. The predicted molar refractivity (Wildman–Crippen MR) is 132 cm³/mol. The van der Waals surface area contributed by atoms with Crippen LogP contribution >= 0.6 is 0 Å². The van der Waals surface area contributed by atoms with Crippen molar-refractivity contribution in [2.24, 2.45) is 0 Å². The Balaban J connectivity index is 1.91. The number of rotatable bonds is 7. The van der Waals surface area contributed by atoms with Gasteiger partial charge in [-0.2, -0.15) is 0 Å². The summed E-state index contributed by atoms with van der Waals surface area (Å²) in [5.74, 6) is -0.383. The Hall–Kier alpha value is -4.13. The third-order valence-electron chi connectivity index (χ3n) is 6.16. The van der Waals surface area contributed by atoms with E-state index < -0.39 is 17.7 Å². The Morgan fingerprint density at radius 1 is 1.00 bits per heavy atom. The van der Waals surface area contributed by atoms with Gasteiger partial charge in [0.25, 0.3) is 11.7 Å². The Labute approximate surface area is 204 Å². The number of pyridine rings is 1. The number of ether oxygens (including phenoxy) is 2. The van der Waals surface area contributed by atoms with Crippen LogP contribution in [0.4, 0.5) is 0 Å². The predicted octanol–water partition coefficient (Wildman–Crippen LogP) is 4.84. The lowest BCUT2D eigenvalue weighted by atomic mass is 9.92. The molecule has 1 aromatic heterocycles. The van der Waals surface area contributed by atoms with Crippen molar-refractivity contribution in [1.29, 1.82) is 0 Å². The molecule has 2 heterocycles. The Morgan fingerprint density at radius 2 is 1.71 bits per heavy atom. The van der Waals surface area contributed by atoms with Gasteiger partial charge in [-0.15, -0.1) is 0 Å². The summed E-state index contributed by atoms with van der Waals surface area (Å²) in [5, 5.41) is 11.4. The minimum absolute atomic E-state index is 0.00954. The Morgan fingerprint density at radius 3 is 2.37 bits per heavy atom. The van der Waals surface area contributed by atoms with Crippen LogP contribution in [0, 0.1) is 0 Å². The van der Waals surface area contributed by atoms with Crippen molar-refractivity contribution >= 4 is 17.4 Å². The van der Waals surface area contributed by atoms with Gasteiger partial charge in [0, 0.05) is 17.3 Å². The zero-order valence-corrected chi connectivity index (χ0v) is 20.2. The Kier molecular flexibility index (Phi) is 6.87. The van der Waals surface area contributed by atoms with Gasteiger partial charge in [0.1, 0.15) is 17.3 Å². The van der Waals surface area contributed by atoms with Gasteiger partial charge in [-0.3, -0.25) is 14.6 Å². The minimum atomic E-state index is -0.849. The van der Waals surface area contributed by atoms with Crippen LogP contribution in [0.15, 0.2) is 72.4 Å². The Bertz CT molecular complexity index is 1280. The molecule has 1 fully saturated rings. The molecule has 1 N–H and O–H groups in total. The van der Waals surface area contributed by atoms with Gasteiger partial charge < -0.3 is 19.5 Å². The van der Waals surface area contributed by atoms with E-state index in [2.05, 4.69) is 4.98 Å². The number of carbonyl (C=O) groups is 2. The monoisotopic (exact) mass is 472 g/mol. The fourth-order valence-electron chi connectivity index (χ4n) is 4.41. The molecule has 0 bridgehead atoms. The molecule has 3 aromatic rings. The highest BCUT2D eigenvalue weighted by molar-refractivity contribution is 6.46. The number of amides is 1. The van der Waals surface area contributed by atoms with E-state index in [1.54, 1.807) is 55.8 Å². The van der Waals surface area contributed by atoms with Gasteiger partial charge in [0.05, 0.1) is 38.1 Å². The standard InChI is InChI=1S/C28H28N2O5/c1-17(2)21-15-18(12-13-23(21)35-4)26(31)24-25(20-10-5-6-11-22(20)34-3)30(28(33)27(24)32)16-19-9-7-8-14-29-19/h5-15,17,25,31H,16H2,1-4H3/b26-24+. The molecule has 0 radical (unpaired) electrons. The lowest BCUT2D eigenvalue weighted by Gasteiger charge is -2.26. The number of likely N-dealkylation sites (tertiary alicyclic amines) is 1. The fraction of sp³-hybridized carbons (Fsp3) is 0.250. The molecule has 180 valence electrons. The van der Waals surface area contributed by atoms with Crippen LogP contribution in [0.2, 0.25) is 0 Å². The molecule has 1 saturated heterocycles. The summed E-state index contributed by atoms with van der Waals surface area (Å²) in [4.78, 5) is 32.4. The van der Waals surface area contributed by atoms with Crippen molar-refractivity contribution in [1.82, 2.24) is 9.88 Å². The SMILES string of the molecule is COc1ccc(/C(O)=C2\C(=O)C(=O)N(Cc3ccccn3)C2c2ccccc2OC)cc1C(C)C. The average molecular weight is 473 g/mol. The molecule has 1 aliphatic heterocycles. The van der Waals surface area contributed by atoms with E-state index in [0.717, 1.165) is 5.56 Å². The third-order valence-corrected chi connectivity index (χ3v) is 6.16. The molecule has 1 atom stereocenters. The van der Waals surface area contributed by atoms with E-state index in [4.69, 9.17) is 9.47 Å². The molecule has 7 nitrogen and oxygen atoms in total. The van der Waals surface area contributed by atoms with E-state index in [0.29, 0.717) is 28.3 Å².